The predicted molar refractivity (Wildman–Crippen MR) is 33.1 cm³/mol. The zero-order chi connectivity index (χ0) is 6.27. The van der Waals surface area contributed by atoms with E-state index < -0.39 is 0 Å². The van der Waals surface area contributed by atoms with Crippen LogP contribution >= 0.6 is 0 Å². The molecule has 0 amide bonds. The first-order valence-electron chi connectivity index (χ1n) is 3.66. The first-order valence-corrected chi connectivity index (χ1v) is 3.66. The third kappa shape index (κ3) is 1.25. The Kier molecular flexibility index (Phi) is 1.24. The minimum absolute atomic E-state index is 0.317. The normalized spacial score (nSPS) is 41.0. The van der Waals surface area contributed by atoms with E-state index >= 15 is 0 Å². The molecule has 2 rings (SSSR count). The maximum Gasteiger partial charge on any atom is 0.0634 e. The van der Waals surface area contributed by atoms with Crippen molar-refractivity contribution in [1.29, 1.82) is 0 Å². The van der Waals surface area contributed by atoms with E-state index in [1.54, 1.807) is 0 Å². The number of hydrogen-bond donors (Lipinski definition) is 1. The van der Waals surface area contributed by atoms with Crippen molar-refractivity contribution < 1.29 is 9.84 Å². The fourth-order valence-electron chi connectivity index (χ4n) is 1.03. The van der Waals surface area contributed by atoms with Gasteiger partial charge in [0.2, 0.25) is 0 Å². The number of aliphatic hydroxyl groups excluding tert-OH is 1. The van der Waals surface area contributed by atoms with Crippen LogP contribution in [-0.2, 0) is 4.74 Å². The lowest BCUT2D eigenvalue weighted by molar-refractivity contribution is 0.0854. The van der Waals surface area contributed by atoms with Crippen molar-refractivity contribution in [3.8, 4) is 0 Å². The molecule has 0 aromatic heterocycles. The standard InChI is InChI=1S/C7H12O2/c8-4-5-3-7(5)9-6-1-2-6/h5-8H,1-4H2. The summed E-state index contributed by atoms with van der Waals surface area (Å²) in [4.78, 5) is 0. The molecule has 0 aliphatic heterocycles. The molecule has 0 saturated heterocycles. The lowest BCUT2D eigenvalue weighted by Gasteiger charge is -1.96. The smallest absolute Gasteiger partial charge is 0.0634 e. The van der Waals surface area contributed by atoms with Gasteiger partial charge in [0.1, 0.15) is 0 Å². The zero-order valence-electron chi connectivity index (χ0n) is 5.42. The molecular formula is C7H12O2. The molecule has 0 spiro atoms. The summed E-state index contributed by atoms with van der Waals surface area (Å²) in [5.41, 5.74) is 0. The van der Waals surface area contributed by atoms with E-state index in [-0.39, 0.29) is 0 Å². The van der Waals surface area contributed by atoms with Crippen LogP contribution in [0.5, 0.6) is 0 Å². The van der Waals surface area contributed by atoms with E-state index in [1.807, 2.05) is 0 Å². The van der Waals surface area contributed by atoms with Gasteiger partial charge in [0, 0.05) is 12.5 Å². The van der Waals surface area contributed by atoms with Crippen LogP contribution < -0.4 is 0 Å². The Morgan fingerprint density at radius 1 is 1.44 bits per heavy atom. The van der Waals surface area contributed by atoms with Crippen LogP contribution in [0.1, 0.15) is 19.3 Å². The van der Waals surface area contributed by atoms with Crippen LogP contribution in [-0.4, -0.2) is 23.9 Å². The Hall–Kier alpha value is -0.0800. The van der Waals surface area contributed by atoms with Gasteiger partial charge in [-0.15, -0.1) is 0 Å². The molecule has 2 heteroatoms. The molecule has 1 N–H and O–H groups in total. The predicted octanol–water partition coefficient (Wildman–Crippen LogP) is 0.546. The molecule has 0 bridgehead atoms. The average Bonchev–Trinajstić information content (AvgIpc) is 2.66. The fraction of sp³-hybridized carbons (Fsp3) is 1.00. The number of hydrogen-bond acceptors (Lipinski definition) is 2. The topological polar surface area (TPSA) is 29.5 Å². The zero-order valence-corrected chi connectivity index (χ0v) is 5.42. The second-order valence-electron chi connectivity index (χ2n) is 3.05. The molecule has 0 heterocycles. The van der Waals surface area contributed by atoms with Crippen molar-refractivity contribution in [3.63, 3.8) is 0 Å². The third-order valence-electron chi connectivity index (χ3n) is 1.98. The number of ether oxygens (including phenoxy) is 1. The van der Waals surface area contributed by atoms with Gasteiger partial charge in [0.25, 0.3) is 0 Å². The van der Waals surface area contributed by atoms with Crippen molar-refractivity contribution in [2.24, 2.45) is 5.92 Å². The summed E-state index contributed by atoms with van der Waals surface area (Å²) in [5, 5.41) is 8.63. The summed E-state index contributed by atoms with van der Waals surface area (Å²) in [6, 6.07) is 0. The summed E-state index contributed by atoms with van der Waals surface area (Å²) in [6.07, 6.45) is 4.56. The van der Waals surface area contributed by atoms with Gasteiger partial charge < -0.3 is 9.84 Å². The van der Waals surface area contributed by atoms with E-state index in [0.29, 0.717) is 24.7 Å². The molecular weight excluding hydrogens is 116 g/mol. The molecule has 2 unspecified atom stereocenters. The molecule has 2 fully saturated rings. The third-order valence-corrected chi connectivity index (χ3v) is 1.98. The van der Waals surface area contributed by atoms with Gasteiger partial charge in [0.05, 0.1) is 12.2 Å². The summed E-state index contributed by atoms with van der Waals surface area (Å²) in [5.74, 6) is 0.477. The summed E-state index contributed by atoms with van der Waals surface area (Å²) in [6.45, 7) is 0.317. The summed E-state index contributed by atoms with van der Waals surface area (Å²) in [7, 11) is 0. The van der Waals surface area contributed by atoms with Crippen molar-refractivity contribution in [1.82, 2.24) is 0 Å². The van der Waals surface area contributed by atoms with Gasteiger partial charge >= 0.3 is 0 Å². The highest BCUT2D eigenvalue weighted by atomic mass is 16.5. The monoisotopic (exact) mass is 128 g/mol. The Morgan fingerprint density at radius 2 is 2.22 bits per heavy atom. The van der Waals surface area contributed by atoms with E-state index in [2.05, 4.69) is 0 Å². The molecule has 0 aromatic rings. The molecule has 0 radical (unpaired) electrons. The lowest BCUT2D eigenvalue weighted by atomic mass is 10.5. The summed E-state index contributed by atoms with van der Waals surface area (Å²) < 4.78 is 5.52. The van der Waals surface area contributed by atoms with E-state index in [1.165, 1.54) is 12.8 Å². The molecule has 2 aliphatic carbocycles. The minimum Gasteiger partial charge on any atom is -0.396 e. The Labute approximate surface area is 54.8 Å². The quantitative estimate of drug-likeness (QED) is 0.601. The van der Waals surface area contributed by atoms with Crippen LogP contribution in [0.25, 0.3) is 0 Å². The van der Waals surface area contributed by atoms with Crippen molar-refractivity contribution >= 4 is 0 Å². The van der Waals surface area contributed by atoms with Crippen LogP contribution in [0.3, 0.4) is 0 Å². The van der Waals surface area contributed by atoms with Crippen LogP contribution in [0.2, 0.25) is 0 Å². The minimum atomic E-state index is 0.317. The Balaban J connectivity index is 1.65. The van der Waals surface area contributed by atoms with Gasteiger partial charge in [-0.25, -0.2) is 0 Å². The molecule has 0 aromatic carbocycles. The maximum atomic E-state index is 8.63. The van der Waals surface area contributed by atoms with Gasteiger partial charge in [-0.3, -0.25) is 0 Å². The van der Waals surface area contributed by atoms with Crippen LogP contribution in [0, 0.1) is 5.92 Å². The van der Waals surface area contributed by atoms with Gasteiger partial charge in [0.15, 0.2) is 0 Å². The van der Waals surface area contributed by atoms with Crippen LogP contribution in [0.4, 0.5) is 0 Å². The molecule has 2 saturated carbocycles. The van der Waals surface area contributed by atoms with Gasteiger partial charge in [-0.1, -0.05) is 0 Å². The lowest BCUT2D eigenvalue weighted by Crippen LogP contribution is -2.00. The maximum absolute atomic E-state index is 8.63. The molecule has 9 heavy (non-hydrogen) atoms. The number of rotatable bonds is 3. The Morgan fingerprint density at radius 3 is 2.67 bits per heavy atom. The SMILES string of the molecule is OCC1CC1OC1CC1. The second kappa shape index (κ2) is 1.96. The van der Waals surface area contributed by atoms with Crippen molar-refractivity contribution in [2.75, 3.05) is 6.61 Å². The molecule has 52 valence electrons. The molecule has 2 atom stereocenters. The van der Waals surface area contributed by atoms with E-state index in [0.717, 1.165) is 6.42 Å². The highest BCUT2D eigenvalue weighted by Gasteiger charge is 2.41. The Bertz CT molecular complexity index is 109. The highest BCUT2D eigenvalue weighted by Crippen LogP contribution is 2.38. The average molecular weight is 128 g/mol. The highest BCUT2D eigenvalue weighted by molar-refractivity contribution is 4.90. The van der Waals surface area contributed by atoms with E-state index in [9.17, 15) is 0 Å². The van der Waals surface area contributed by atoms with E-state index in [4.69, 9.17) is 9.84 Å². The van der Waals surface area contributed by atoms with Crippen molar-refractivity contribution in [3.05, 3.63) is 0 Å². The molecule has 2 nitrogen and oxygen atoms in total. The first-order chi connectivity index (χ1) is 4.40. The second-order valence-corrected chi connectivity index (χ2v) is 3.05. The van der Waals surface area contributed by atoms with Gasteiger partial charge in [-0.2, -0.15) is 0 Å². The van der Waals surface area contributed by atoms with Crippen LogP contribution in [0.15, 0.2) is 0 Å². The summed E-state index contributed by atoms with van der Waals surface area (Å²) >= 11 is 0. The number of aliphatic hydroxyl groups is 1. The largest absolute Gasteiger partial charge is 0.396 e. The molecule has 2 aliphatic rings. The fourth-order valence-corrected chi connectivity index (χ4v) is 1.03. The van der Waals surface area contributed by atoms with Gasteiger partial charge in [-0.05, 0) is 19.3 Å². The van der Waals surface area contributed by atoms with Crippen molar-refractivity contribution in [2.45, 2.75) is 31.5 Å². The first kappa shape index (κ1) is 5.69.